The van der Waals surface area contributed by atoms with E-state index in [1.807, 2.05) is 36.4 Å². The maximum Gasteiger partial charge on any atom is 0.278 e. The molecule has 7 nitrogen and oxygen atoms in total. The molecule has 4 heterocycles. The summed E-state index contributed by atoms with van der Waals surface area (Å²) < 4.78 is 19.9. The van der Waals surface area contributed by atoms with Crippen LogP contribution in [0.3, 0.4) is 0 Å². The Morgan fingerprint density at radius 1 is 1.00 bits per heavy atom. The molecule has 0 N–H and O–H groups in total. The van der Waals surface area contributed by atoms with Crippen LogP contribution in [0, 0.1) is 5.82 Å². The van der Waals surface area contributed by atoms with Gasteiger partial charge < -0.3 is 9.21 Å². The van der Waals surface area contributed by atoms with E-state index in [9.17, 15) is 14.0 Å². The number of rotatable bonds is 5. The molecular weight excluding hydrogens is 459 g/mol. The highest BCUT2D eigenvalue weighted by Crippen LogP contribution is 2.38. The van der Waals surface area contributed by atoms with E-state index in [0.29, 0.717) is 52.9 Å². The van der Waals surface area contributed by atoms with Gasteiger partial charge in [0.05, 0.1) is 5.69 Å². The number of aldehydes is 1. The Morgan fingerprint density at radius 2 is 1.83 bits per heavy atom. The molecule has 1 amide bonds. The van der Waals surface area contributed by atoms with E-state index < -0.39 is 0 Å². The molecule has 0 aliphatic carbocycles. The first-order chi connectivity index (χ1) is 17.6. The monoisotopic (exact) mass is 478 g/mol. The lowest BCUT2D eigenvalue weighted by Crippen LogP contribution is -2.38. The zero-order valence-electron chi connectivity index (χ0n) is 19.0. The molecule has 0 saturated heterocycles. The maximum absolute atomic E-state index is 13.6. The van der Waals surface area contributed by atoms with Crippen LogP contribution in [0.25, 0.3) is 33.6 Å². The van der Waals surface area contributed by atoms with E-state index in [4.69, 9.17) is 9.40 Å². The van der Waals surface area contributed by atoms with Gasteiger partial charge in [-0.05, 0) is 65.9 Å². The van der Waals surface area contributed by atoms with Crippen LogP contribution in [0.1, 0.15) is 21.7 Å². The number of hydrogen-bond acceptors (Lipinski definition) is 6. The Hall–Kier alpha value is -4.72. The minimum Gasteiger partial charge on any atom is -0.434 e. The minimum atomic E-state index is -0.374. The van der Waals surface area contributed by atoms with Crippen LogP contribution >= 0.6 is 0 Å². The van der Waals surface area contributed by atoms with E-state index in [0.717, 1.165) is 22.6 Å². The fourth-order valence-corrected chi connectivity index (χ4v) is 4.52. The second kappa shape index (κ2) is 8.81. The predicted molar refractivity (Wildman–Crippen MR) is 132 cm³/mol. The Kier molecular flexibility index (Phi) is 5.33. The van der Waals surface area contributed by atoms with Crippen molar-refractivity contribution in [3.05, 3.63) is 95.8 Å². The number of aromatic nitrogens is 3. The van der Waals surface area contributed by atoms with Crippen LogP contribution in [-0.2, 0) is 17.6 Å². The molecular formula is C28H19FN4O3. The summed E-state index contributed by atoms with van der Waals surface area (Å²) in [6.07, 6.45) is 4.93. The largest absolute Gasteiger partial charge is 0.434 e. The normalized spacial score (nSPS) is 13.1. The van der Waals surface area contributed by atoms with Crippen LogP contribution in [0.15, 0.2) is 77.5 Å². The lowest BCUT2D eigenvalue weighted by Gasteiger charge is -2.26. The molecule has 0 bridgehead atoms. The number of oxazole rings is 1. The number of amides is 1. The lowest BCUT2D eigenvalue weighted by atomic mass is 10.0. The number of carbonyl (C=O) groups is 2. The van der Waals surface area contributed by atoms with Crippen LogP contribution in [0.5, 0.6) is 0 Å². The van der Waals surface area contributed by atoms with Crippen LogP contribution in [0.4, 0.5) is 10.2 Å². The number of fused-ring (bicyclic) bond motifs is 2. The molecule has 0 fully saturated rings. The van der Waals surface area contributed by atoms with E-state index in [-0.39, 0.29) is 18.1 Å². The molecule has 8 heteroatoms. The summed E-state index contributed by atoms with van der Waals surface area (Å²) in [5, 5.41) is 1.75. The predicted octanol–water partition coefficient (Wildman–Crippen LogP) is 5.04. The third-order valence-corrected chi connectivity index (χ3v) is 6.29. The zero-order chi connectivity index (χ0) is 24.6. The fourth-order valence-electron chi connectivity index (χ4n) is 4.52. The van der Waals surface area contributed by atoms with Gasteiger partial charge in [0.25, 0.3) is 5.91 Å². The molecule has 3 aromatic heterocycles. The highest BCUT2D eigenvalue weighted by atomic mass is 19.1. The summed E-state index contributed by atoms with van der Waals surface area (Å²) >= 11 is 0. The Bertz CT molecular complexity index is 1630. The number of nitrogens with zero attached hydrogens (tertiary/aromatic N) is 4. The van der Waals surface area contributed by atoms with Gasteiger partial charge in [-0.1, -0.05) is 12.1 Å². The number of halogens is 1. The van der Waals surface area contributed by atoms with Gasteiger partial charge in [-0.2, -0.15) is 4.98 Å². The minimum absolute atomic E-state index is 0.223. The molecule has 1 aliphatic heterocycles. The summed E-state index contributed by atoms with van der Waals surface area (Å²) in [7, 11) is 0. The van der Waals surface area contributed by atoms with Gasteiger partial charge >= 0.3 is 0 Å². The fraction of sp³-hybridized carbons (Fsp3) is 0.107. The van der Waals surface area contributed by atoms with Crippen LogP contribution < -0.4 is 4.90 Å². The van der Waals surface area contributed by atoms with Crippen molar-refractivity contribution in [3.63, 3.8) is 0 Å². The van der Waals surface area contributed by atoms with Crippen molar-refractivity contribution in [1.82, 2.24) is 15.0 Å². The standard InChI is InChI=1S/C28H19FN4O3/c29-21-6-3-18(4-7-21)25-26(33-14-10-17-2-1-12-31-24(17)28(33)35)32-27(36-25)20-5-8-22-19(16-20)9-13-30-23(22)11-15-34/h1-9,12-13,15-16H,10-11,14H2. The van der Waals surface area contributed by atoms with E-state index in [2.05, 4.69) is 9.97 Å². The highest BCUT2D eigenvalue weighted by Gasteiger charge is 2.32. The van der Waals surface area contributed by atoms with Gasteiger partial charge in [0.15, 0.2) is 11.6 Å². The topological polar surface area (TPSA) is 89.2 Å². The number of pyridine rings is 2. The molecule has 6 rings (SSSR count). The molecule has 2 aromatic carbocycles. The molecule has 1 aliphatic rings. The summed E-state index contributed by atoms with van der Waals surface area (Å²) in [5.74, 6) is 0.410. The van der Waals surface area contributed by atoms with Gasteiger partial charge in [0, 0.05) is 41.9 Å². The first-order valence-electron chi connectivity index (χ1n) is 11.5. The summed E-state index contributed by atoms with van der Waals surface area (Å²) in [6.45, 7) is 0.413. The number of carbonyl (C=O) groups excluding carboxylic acids is 2. The number of anilines is 1. The van der Waals surface area contributed by atoms with Crippen molar-refractivity contribution >= 4 is 28.8 Å². The third-order valence-electron chi connectivity index (χ3n) is 6.29. The van der Waals surface area contributed by atoms with Crippen molar-refractivity contribution in [2.24, 2.45) is 0 Å². The molecule has 0 atom stereocenters. The second-order valence-corrected chi connectivity index (χ2v) is 8.46. The molecule has 0 unspecified atom stereocenters. The van der Waals surface area contributed by atoms with Gasteiger partial charge in [0.2, 0.25) is 5.89 Å². The van der Waals surface area contributed by atoms with Crippen molar-refractivity contribution in [2.45, 2.75) is 12.8 Å². The molecule has 0 saturated carbocycles. The molecule has 176 valence electrons. The Morgan fingerprint density at radius 3 is 2.67 bits per heavy atom. The summed E-state index contributed by atoms with van der Waals surface area (Å²) in [4.78, 5) is 39.3. The van der Waals surface area contributed by atoms with E-state index in [1.54, 1.807) is 29.4 Å². The van der Waals surface area contributed by atoms with Crippen molar-refractivity contribution in [1.29, 1.82) is 0 Å². The summed E-state index contributed by atoms with van der Waals surface area (Å²) in [6, 6.07) is 17.1. The summed E-state index contributed by atoms with van der Waals surface area (Å²) in [5.41, 5.74) is 3.27. The van der Waals surface area contributed by atoms with Crippen molar-refractivity contribution < 1.29 is 18.4 Å². The lowest BCUT2D eigenvalue weighted by molar-refractivity contribution is -0.107. The molecule has 0 spiro atoms. The zero-order valence-corrected chi connectivity index (χ0v) is 19.0. The number of benzene rings is 2. The van der Waals surface area contributed by atoms with E-state index >= 15 is 0 Å². The van der Waals surface area contributed by atoms with Gasteiger partial charge in [-0.25, -0.2) is 4.39 Å². The van der Waals surface area contributed by atoms with Crippen molar-refractivity contribution in [3.8, 4) is 22.8 Å². The Balaban J connectivity index is 1.48. The van der Waals surface area contributed by atoms with Crippen molar-refractivity contribution in [2.75, 3.05) is 11.4 Å². The smallest absolute Gasteiger partial charge is 0.278 e. The van der Waals surface area contributed by atoms with Gasteiger partial charge in [-0.15, -0.1) is 0 Å². The Labute approximate surface area is 205 Å². The molecule has 0 radical (unpaired) electrons. The first kappa shape index (κ1) is 21.8. The molecule has 36 heavy (non-hydrogen) atoms. The quantitative estimate of drug-likeness (QED) is 0.329. The highest BCUT2D eigenvalue weighted by molar-refractivity contribution is 6.08. The average molecular weight is 478 g/mol. The number of hydrogen-bond donors (Lipinski definition) is 0. The maximum atomic E-state index is 13.6. The van der Waals surface area contributed by atoms with Gasteiger partial charge in [-0.3, -0.25) is 19.7 Å². The SMILES string of the molecule is O=CCc1nccc2cc(-c3nc(N4CCc5cccnc5C4=O)c(-c4ccc(F)cc4)o3)ccc12. The first-order valence-corrected chi connectivity index (χ1v) is 11.5. The van der Waals surface area contributed by atoms with Crippen LogP contribution in [0.2, 0.25) is 0 Å². The third kappa shape index (κ3) is 3.73. The van der Waals surface area contributed by atoms with E-state index in [1.165, 1.54) is 12.1 Å². The average Bonchev–Trinajstić information content (AvgIpc) is 3.35. The second-order valence-electron chi connectivity index (χ2n) is 8.46. The van der Waals surface area contributed by atoms with Crippen LogP contribution in [-0.4, -0.2) is 33.7 Å². The van der Waals surface area contributed by atoms with Gasteiger partial charge in [0.1, 0.15) is 17.8 Å². The molecule has 5 aromatic rings.